The number of aromatic nitrogens is 2. The van der Waals surface area contributed by atoms with Gasteiger partial charge in [0.25, 0.3) is 5.91 Å². The molecule has 4 rings (SSSR count). The average molecular weight is 356 g/mol. The topological polar surface area (TPSA) is 91.6 Å². The van der Waals surface area contributed by atoms with Gasteiger partial charge < -0.3 is 0 Å². The second kappa shape index (κ2) is 7.57. The molecule has 1 amide bonds. The third kappa shape index (κ3) is 3.72. The summed E-state index contributed by atoms with van der Waals surface area (Å²) >= 11 is 0. The van der Waals surface area contributed by atoms with Crippen LogP contribution in [-0.4, -0.2) is 34.0 Å². The minimum absolute atomic E-state index is 0.216. The van der Waals surface area contributed by atoms with E-state index in [1.165, 1.54) is 18.6 Å². The number of carbonyl (C=O) groups excluding carboxylic acids is 1. The fourth-order valence-electron chi connectivity index (χ4n) is 2.71. The molecule has 0 spiro atoms. The Labute approximate surface area is 155 Å². The van der Waals surface area contributed by atoms with Crippen LogP contribution in [0.25, 0.3) is 0 Å². The molecule has 0 unspecified atom stereocenters. The predicted molar refractivity (Wildman–Crippen MR) is 103 cm³/mol. The monoisotopic (exact) mass is 356 g/mol. The van der Waals surface area contributed by atoms with Crippen LogP contribution >= 0.6 is 0 Å². The summed E-state index contributed by atoms with van der Waals surface area (Å²) in [5.41, 5.74) is 9.27. The highest BCUT2D eigenvalue weighted by Crippen LogP contribution is 2.24. The van der Waals surface area contributed by atoms with Gasteiger partial charge in [0, 0.05) is 23.5 Å². The van der Waals surface area contributed by atoms with Crippen LogP contribution in [0.5, 0.6) is 0 Å². The molecule has 2 aromatic carbocycles. The molecule has 7 heteroatoms. The molecule has 0 bridgehead atoms. The highest BCUT2D eigenvalue weighted by atomic mass is 16.2. The fraction of sp³-hybridized carbons (Fsp3) is 0.0500. The Hall–Kier alpha value is -3.87. The molecular formula is C20H16N6O. The van der Waals surface area contributed by atoms with E-state index in [0.717, 1.165) is 22.5 Å². The van der Waals surface area contributed by atoms with Crippen molar-refractivity contribution in [2.45, 2.75) is 0 Å². The molecule has 3 aromatic rings. The van der Waals surface area contributed by atoms with E-state index in [-0.39, 0.29) is 5.69 Å². The number of nitrogens with one attached hydrogen (secondary N) is 2. The molecule has 0 fully saturated rings. The first-order chi connectivity index (χ1) is 13.3. The maximum absolute atomic E-state index is 12.1. The molecule has 1 aliphatic rings. The number of carbonyl (C=O) groups is 1. The highest BCUT2D eigenvalue weighted by Gasteiger charge is 2.16. The van der Waals surface area contributed by atoms with Crippen molar-refractivity contribution in [2.24, 2.45) is 9.98 Å². The number of hydrogen-bond donors (Lipinski definition) is 2. The van der Waals surface area contributed by atoms with E-state index in [4.69, 9.17) is 4.99 Å². The van der Waals surface area contributed by atoms with E-state index in [2.05, 4.69) is 25.8 Å². The number of hydrazine groups is 1. The van der Waals surface area contributed by atoms with Crippen molar-refractivity contribution in [1.82, 2.24) is 20.8 Å². The number of fused-ring (bicyclic) bond motifs is 1. The lowest BCUT2D eigenvalue weighted by atomic mass is 10.0. The van der Waals surface area contributed by atoms with Gasteiger partial charge in [-0.2, -0.15) is 0 Å². The average Bonchev–Trinajstić information content (AvgIpc) is 2.92. The fourth-order valence-corrected chi connectivity index (χ4v) is 2.71. The first-order valence-corrected chi connectivity index (χ1v) is 8.40. The van der Waals surface area contributed by atoms with Gasteiger partial charge in [0.15, 0.2) is 0 Å². The minimum atomic E-state index is -0.393. The largest absolute Gasteiger partial charge is 0.289 e. The number of amidine groups is 1. The van der Waals surface area contributed by atoms with Crippen molar-refractivity contribution in [3.05, 3.63) is 90.0 Å². The van der Waals surface area contributed by atoms with E-state index < -0.39 is 5.91 Å². The number of para-hydroxylation sites is 1. The third-order valence-corrected chi connectivity index (χ3v) is 3.96. The van der Waals surface area contributed by atoms with Gasteiger partial charge in [-0.05, 0) is 6.07 Å². The zero-order valence-electron chi connectivity index (χ0n) is 14.3. The summed E-state index contributed by atoms with van der Waals surface area (Å²) in [4.78, 5) is 29.3. The highest BCUT2D eigenvalue weighted by molar-refractivity contribution is 6.17. The van der Waals surface area contributed by atoms with E-state index in [1.807, 2.05) is 54.6 Å². The van der Waals surface area contributed by atoms with Gasteiger partial charge in [0.05, 0.1) is 24.1 Å². The molecule has 2 N–H and O–H groups in total. The maximum Gasteiger partial charge on any atom is 0.289 e. The first-order valence-electron chi connectivity index (χ1n) is 8.40. The molecule has 132 valence electrons. The SMILES string of the molecule is O=C(NNC1=Nc2ccccc2C(c2ccccc2)=NC1)c1cnccn1. The molecule has 0 radical (unpaired) electrons. The lowest BCUT2D eigenvalue weighted by Gasteiger charge is -2.08. The van der Waals surface area contributed by atoms with Crippen molar-refractivity contribution in [2.75, 3.05) is 6.54 Å². The van der Waals surface area contributed by atoms with Crippen LogP contribution in [0.3, 0.4) is 0 Å². The summed E-state index contributed by atoms with van der Waals surface area (Å²) < 4.78 is 0. The maximum atomic E-state index is 12.1. The molecular weight excluding hydrogens is 340 g/mol. The van der Waals surface area contributed by atoms with Crippen LogP contribution in [0.1, 0.15) is 21.6 Å². The summed E-state index contributed by atoms with van der Waals surface area (Å²) in [7, 11) is 0. The Morgan fingerprint density at radius 3 is 2.59 bits per heavy atom. The number of aliphatic imine (C=N–C) groups is 2. The Bertz CT molecular complexity index is 1010. The number of nitrogens with zero attached hydrogens (tertiary/aromatic N) is 4. The Balaban J connectivity index is 1.58. The van der Waals surface area contributed by atoms with Gasteiger partial charge in [0.2, 0.25) is 0 Å². The summed E-state index contributed by atoms with van der Waals surface area (Å²) in [6.45, 7) is 0.305. The molecule has 2 heterocycles. The van der Waals surface area contributed by atoms with Crippen molar-refractivity contribution >= 4 is 23.1 Å². The Morgan fingerprint density at radius 2 is 1.78 bits per heavy atom. The molecule has 0 saturated carbocycles. The number of amides is 1. The van der Waals surface area contributed by atoms with E-state index in [0.29, 0.717) is 12.4 Å². The van der Waals surface area contributed by atoms with Crippen LogP contribution in [0.15, 0.2) is 83.2 Å². The molecule has 7 nitrogen and oxygen atoms in total. The quantitative estimate of drug-likeness (QED) is 0.689. The van der Waals surface area contributed by atoms with Gasteiger partial charge in [-0.25, -0.2) is 9.98 Å². The van der Waals surface area contributed by atoms with Gasteiger partial charge in [-0.3, -0.25) is 25.6 Å². The lowest BCUT2D eigenvalue weighted by Crippen LogP contribution is -2.43. The molecule has 1 aliphatic heterocycles. The minimum Gasteiger partial charge on any atom is -0.283 e. The van der Waals surface area contributed by atoms with Gasteiger partial charge in [-0.15, -0.1) is 0 Å². The van der Waals surface area contributed by atoms with Crippen LogP contribution < -0.4 is 10.9 Å². The molecule has 0 saturated heterocycles. The van der Waals surface area contributed by atoms with Crippen molar-refractivity contribution in [3.63, 3.8) is 0 Å². The van der Waals surface area contributed by atoms with Crippen molar-refractivity contribution in [1.29, 1.82) is 0 Å². The third-order valence-electron chi connectivity index (χ3n) is 3.96. The van der Waals surface area contributed by atoms with E-state index >= 15 is 0 Å². The van der Waals surface area contributed by atoms with Crippen molar-refractivity contribution < 1.29 is 4.79 Å². The van der Waals surface area contributed by atoms with Crippen LogP contribution in [0.4, 0.5) is 5.69 Å². The van der Waals surface area contributed by atoms with Crippen molar-refractivity contribution in [3.8, 4) is 0 Å². The van der Waals surface area contributed by atoms with Gasteiger partial charge in [-0.1, -0.05) is 48.5 Å². The standard InChI is InChI=1S/C20H16N6O/c27-20(17-12-21-10-11-22-17)26-25-18-13-23-19(14-6-2-1-3-7-14)15-8-4-5-9-16(15)24-18/h1-12H,13H2,(H,24,25)(H,26,27). The number of rotatable bonds is 2. The molecule has 0 aliphatic carbocycles. The van der Waals surface area contributed by atoms with E-state index in [9.17, 15) is 4.79 Å². The predicted octanol–water partition coefficient (Wildman–Crippen LogP) is 2.29. The molecule has 1 aromatic heterocycles. The normalized spacial score (nSPS) is 12.9. The summed E-state index contributed by atoms with van der Waals surface area (Å²) in [5, 5.41) is 0. The van der Waals surface area contributed by atoms with Gasteiger partial charge >= 0.3 is 0 Å². The van der Waals surface area contributed by atoms with Crippen LogP contribution in [-0.2, 0) is 0 Å². The Morgan fingerprint density at radius 1 is 0.963 bits per heavy atom. The van der Waals surface area contributed by atoms with Crippen LogP contribution in [0, 0.1) is 0 Å². The first kappa shape index (κ1) is 16.6. The second-order valence-corrected chi connectivity index (χ2v) is 5.78. The zero-order valence-corrected chi connectivity index (χ0v) is 14.3. The second-order valence-electron chi connectivity index (χ2n) is 5.78. The number of benzene rings is 2. The Kier molecular flexibility index (Phi) is 4.65. The summed E-state index contributed by atoms with van der Waals surface area (Å²) in [5.74, 6) is 0.140. The summed E-state index contributed by atoms with van der Waals surface area (Å²) in [6, 6.07) is 17.8. The summed E-state index contributed by atoms with van der Waals surface area (Å²) in [6.07, 6.45) is 4.37. The molecule has 0 atom stereocenters. The smallest absolute Gasteiger partial charge is 0.283 e. The van der Waals surface area contributed by atoms with E-state index in [1.54, 1.807) is 0 Å². The molecule has 27 heavy (non-hydrogen) atoms. The van der Waals surface area contributed by atoms with Crippen LogP contribution in [0.2, 0.25) is 0 Å². The zero-order chi connectivity index (χ0) is 18.5. The van der Waals surface area contributed by atoms with Gasteiger partial charge in [0.1, 0.15) is 11.5 Å². The number of hydrogen-bond acceptors (Lipinski definition) is 6. The lowest BCUT2D eigenvalue weighted by molar-refractivity contribution is 0.0938.